The van der Waals surface area contributed by atoms with Crippen LogP contribution in [-0.4, -0.2) is 25.2 Å². The summed E-state index contributed by atoms with van der Waals surface area (Å²) in [6, 6.07) is 5.75. The quantitative estimate of drug-likeness (QED) is 0.901. The molecule has 1 fully saturated rings. The third kappa shape index (κ3) is 3.64. The molecule has 112 valence electrons. The summed E-state index contributed by atoms with van der Waals surface area (Å²) in [4.78, 5) is 2.20. The summed E-state index contributed by atoms with van der Waals surface area (Å²) in [6.45, 7) is 8.36. The first kappa shape index (κ1) is 15.6. The minimum Gasteiger partial charge on any atom is -0.363 e. The first-order valence-electron chi connectivity index (χ1n) is 7.46. The normalized spacial score (nSPS) is 23.4. The van der Waals surface area contributed by atoms with Crippen molar-refractivity contribution in [3.8, 4) is 0 Å². The minimum absolute atomic E-state index is 0.221. The second-order valence-electron chi connectivity index (χ2n) is 6.04. The Balaban J connectivity index is 2.20. The van der Waals surface area contributed by atoms with E-state index in [4.69, 9.17) is 11.6 Å². The van der Waals surface area contributed by atoms with Gasteiger partial charge in [0.1, 0.15) is 5.82 Å². The lowest BCUT2D eigenvalue weighted by Crippen LogP contribution is -2.57. The van der Waals surface area contributed by atoms with Crippen molar-refractivity contribution in [2.24, 2.45) is 5.92 Å². The Labute approximate surface area is 126 Å². The van der Waals surface area contributed by atoms with Crippen LogP contribution in [0.3, 0.4) is 0 Å². The van der Waals surface area contributed by atoms with Gasteiger partial charge in [-0.05, 0) is 37.0 Å². The Bertz CT molecular complexity index is 450. The van der Waals surface area contributed by atoms with E-state index in [1.807, 2.05) is 0 Å². The van der Waals surface area contributed by atoms with Crippen molar-refractivity contribution in [2.45, 2.75) is 45.7 Å². The van der Waals surface area contributed by atoms with Crippen molar-refractivity contribution in [3.63, 3.8) is 0 Å². The molecule has 0 aliphatic carbocycles. The van der Waals surface area contributed by atoms with Crippen LogP contribution >= 0.6 is 11.6 Å². The van der Waals surface area contributed by atoms with Crippen molar-refractivity contribution >= 4 is 17.3 Å². The van der Waals surface area contributed by atoms with Crippen LogP contribution in [0.5, 0.6) is 0 Å². The summed E-state index contributed by atoms with van der Waals surface area (Å²) in [7, 11) is 0. The van der Waals surface area contributed by atoms with E-state index in [1.165, 1.54) is 6.07 Å². The summed E-state index contributed by atoms with van der Waals surface area (Å²) >= 11 is 5.85. The lowest BCUT2D eigenvalue weighted by Gasteiger charge is -2.42. The van der Waals surface area contributed by atoms with Gasteiger partial charge in [-0.15, -0.1) is 0 Å². The predicted molar refractivity (Wildman–Crippen MR) is 84.1 cm³/mol. The first-order chi connectivity index (χ1) is 9.51. The van der Waals surface area contributed by atoms with E-state index in [2.05, 4.69) is 31.0 Å². The Morgan fingerprint density at radius 2 is 2.20 bits per heavy atom. The number of anilines is 1. The zero-order valence-corrected chi connectivity index (χ0v) is 13.3. The molecule has 1 aliphatic heterocycles. The molecule has 4 heteroatoms. The number of rotatable bonds is 4. The zero-order valence-electron chi connectivity index (χ0n) is 12.5. The molecule has 1 heterocycles. The average molecular weight is 299 g/mol. The largest absolute Gasteiger partial charge is 0.363 e. The molecule has 1 saturated heterocycles. The Morgan fingerprint density at radius 3 is 2.80 bits per heavy atom. The molecule has 2 nitrogen and oxygen atoms in total. The van der Waals surface area contributed by atoms with Gasteiger partial charge in [0.15, 0.2) is 0 Å². The topological polar surface area (TPSA) is 15.3 Å². The third-order valence-corrected chi connectivity index (χ3v) is 4.18. The van der Waals surface area contributed by atoms with E-state index in [-0.39, 0.29) is 5.82 Å². The summed E-state index contributed by atoms with van der Waals surface area (Å²) in [5.41, 5.74) is 0.677. The summed E-state index contributed by atoms with van der Waals surface area (Å²) < 4.78 is 14.2. The van der Waals surface area contributed by atoms with E-state index in [9.17, 15) is 4.39 Å². The second kappa shape index (κ2) is 6.77. The molecule has 2 atom stereocenters. The van der Waals surface area contributed by atoms with Gasteiger partial charge >= 0.3 is 0 Å². The number of hydrogen-bond acceptors (Lipinski definition) is 2. The molecule has 20 heavy (non-hydrogen) atoms. The van der Waals surface area contributed by atoms with Crippen LogP contribution in [0.1, 0.15) is 33.6 Å². The molecule has 0 saturated carbocycles. The van der Waals surface area contributed by atoms with Crippen molar-refractivity contribution in [1.82, 2.24) is 5.32 Å². The van der Waals surface area contributed by atoms with Gasteiger partial charge in [0.05, 0.1) is 5.69 Å². The van der Waals surface area contributed by atoms with Crippen LogP contribution in [-0.2, 0) is 0 Å². The van der Waals surface area contributed by atoms with Gasteiger partial charge in [0.25, 0.3) is 0 Å². The molecule has 0 amide bonds. The first-order valence-corrected chi connectivity index (χ1v) is 7.84. The van der Waals surface area contributed by atoms with Crippen molar-refractivity contribution in [3.05, 3.63) is 29.0 Å². The number of hydrogen-bond donors (Lipinski definition) is 1. The van der Waals surface area contributed by atoms with Crippen LogP contribution in [0, 0.1) is 11.7 Å². The molecule has 1 aromatic rings. The van der Waals surface area contributed by atoms with Crippen molar-refractivity contribution in [2.75, 3.05) is 18.0 Å². The molecular weight excluding hydrogens is 275 g/mol. The van der Waals surface area contributed by atoms with E-state index < -0.39 is 0 Å². The molecule has 0 spiro atoms. The zero-order chi connectivity index (χ0) is 14.7. The van der Waals surface area contributed by atoms with Gasteiger partial charge in [0.2, 0.25) is 0 Å². The average Bonchev–Trinajstić information content (AvgIpc) is 2.38. The van der Waals surface area contributed by atoms with Crippen molar-refractivity contribution in [1.29, 1.82) is 0 Å². The van der Waals surface area contributed by atoms with Gasteiger partial charge in [-0.1, -0.05) is 32.4 Å². The fourth-order valence-electron chi connectivity index (χ4n) is 2.96. The monoisotopic (exact) mass is 298 g/mol. The van der Waals surface area contributed by atoms with E-state index in [0.29, 0.717) is 28.7 Å². The highest BCUT2D eigenvalue weighted by atomic mass is 35.5. The molecule has 2 rings (SSSR count). The molecule has 0 aromatic heterocycles. The van der Waals surface area contributed by atoms with Gasteiger partial charge < -0.3 is 10.2 Å². The predicted octanol–water partition coefficient (Wildman–Crippen LogP) is 4.08. The highest BCUT2D eigenvalue weighted by Gasteiger charge is 2.28. The maximum absolute atomic E-state index is 14.2. The maximum atomic E-state index is 14.2. The number of benzene rings is 1. The maximum Gasteiger partial charge on any atom is 0.147 e. The smallest absolute Gasteiger partial charge is 0.147 e. The van der Waals surface area contributed by atoms with Crippen LogP contribution in [0.4, 0.5) is 10.1 Å². The van der Waals surface area contributed by atoms with Crippen molar-refractivity contribution < 1.29 is 4.39 Å². The molecule has 0 bridgehead atoms. The second-order valence-corrected chi connectivity index (χ2v) is 6.48. The molecule has 1 aliphatic rings. The van der Waals surface area contributed by atoms with E-state index >= 15 is 0 Å². The SMILES string of the molecule is CCC1CNC(CC(C)C)CN1c1ccc(Cl)cc1F. The molecular formula is C16H24ClFN2. The van der Waals surface area contributed by atoms with E-state index in [0.717, 1.165) is 25.9 Å². The lowest BCUT2D eigenvalue weighted by molar-refractivity contribution is 0.341. The number of halogens is 2. The van der Waals surface area contributed by atoms with Gasteiger partial charge in [-0.3, -0.25) is 0 Å². The molecule has 1 N–H and O–H groups in total. The lowest BCUT2D eigenvalue weighted by atomic mass is 9.98. The van der Waals surface area contributed by atoms with E-state index in [1.54, 1.807) is 12.1 Å². The van der Waals surface area contributed by atoms with Gasteiger partial charge in [-0.25, -0.2) is 4.39 Å². The summed E-state index contributed by atoms with van der Waals surface area (Å²) in [6.07, 6.45) is 2.12. The van der Waals surface area contributed by atoms with Crippen LogP contribution < -0.4 is 10.2 Å². The molecule has 1 aromatic carbocycles. The summed E-state index contributed by atoms with van der Waals surface area (Å²) in [5, 5.41) is 4.04. The standard InChI is InChI=1S/C16H24ClFN2/c1-4-14-9-19-13(7-11(2)3)10-20(14)16-6-5-12(17)8-15(16)18/h5-6,8,11,13-14,19H,4,7,9-10H2,1-3H3. The Morgan fingerprint density at radius 1 is 1.45 bits per heavy atom. The Kier molecular flexibility index (Phi) is 5.28. The minimum atomic E-state index is -0.221. The summed E-state index contributed by atoms with van der Waals surface area (Å²) in [5.74, 6) is 0.420. The third-order valence-electron chi connectivity index (χ3n) is 3.95. The van der Waals surface area contributed by atoms with Crippen LogP contribution in [0.25, 0.3) is 0 Å². The fraction of sp³-hybridized carbons (Fsp3) is 0.625. The number of nitrogens with zero attached hydrogens (tertiary/aromatic N) is 1. The van der Waals surface area contributed by atoms with Gasteiger partial charge in [-0.2, -0.15) is 0 Å². The Hall–Kier alpha value is -0.800. The number of piperazine rings is 1. The highest BCUT2D eigenvalue weighted by molar-refractivity contribution is 6.30. The highest BCUT2D eigenvalue weighted by Crippen LogP contribution is 2.27. The van der Waals surface area contributed by atoms with Crippen LogP contribution in [0.15, 0.2) is 18.2 Å². The molecule has 0 radical (unpaired) electrons. The fourth-order valence-corrected chi connectivity index (χ4v) is 3.12. The number of nitrogens with one attached hydrogen (secondary N) is 1. The van der Waals surface area contributed by atoms with Gasteiger partial charge in [0, 0.05) is 30.2 Å². The molecule has 2 unspecified atom stereocenters. The van der Waals surface area contributed by atoms with Crippen LogP contribution in [0.2, 0.25) is 5.02 Å².